The third kappa shape index (κ3) is 7.29. The minimum Gasteiger partial charge on any atom is -0.494 e. The molecule has 4 aromatic carbocycles. The van der Waals surface area contributed by atoms with E-state index in [0.29, 0.717) is 40.3 Å². The van der Waals surface area contributed by atoms with Gasteiger partial charge in [0.15, 0.2) is 12.4 Å². The molecule has 1 N–H and O–H groups in total. The fraction of sp³-hybridized carbons (Fsp3) is 0.200. The molecule has 0 spiro atoms. The SMILES string of the molecule is CCOc1cc(C)c(-c2nc3ccccc3c(=O)n2N=Cc2cc(Br)ccc2OCC(=O)Nc2ccc(F)cc2)cc1C(C)C. The van der Waals surface area contributed by atoms with Crippen LogP contribution in [0.4, 0.5) is 10.1 Å². The van der Waals surface area contributed by atoms with Crippen molar-refractivity contribution < 1.29 is 18.7 Å². The number of amides is 1. The van der Waals surface area contributed by atoms with Crippen molar-refractivity contribution in [1.29, 1.82) is 0 Å². The Labute approximate surface area is 268 Å². The Kier molecular flexibility index (Phi) is 9.73. The quantitative estimate of drug-likeness (QED) is 0.154. The molecule has 5 rings (SSSR count). The lowest BCUT2D eigenvalue weighted by atomic mass is 9.96. The standard InChI is InChI=1S/C35H32BrFN4O4/c1-5-44-32-16-22(4)29(18-28(32)21(2)3)34-40-30-9-7-6-8-27(30)35(43)41(34)38-19-23-17-24(36)10-15-31(23)45-20-33(42)39-26-13-11-25(37)12-14-26/h6-19,21H,5,20H2,1-4H3,(H,39,42). The van der Waals surface area contributed by atoms with Crippen molar-refractivity contribution in [3.05, 3.63) is 116 Å². The lowest BCUT2D eigenvalue weighted by molar-refractivity contribution is -0.118. The lowest BCUT2D eigenvalue weighted by Gasteiger charge is -2.18. The summed E-state index contributed by atoms with van der Waals surface area (Å²) in [4.78, 5) is 31.3. The monoisotopic (exact) mass is 670 g/mol. The van der Waals surface area contributed by atoms with Crippen molar-refractivity contribution in [1.82, 2.24) is 9.66 Å². The molecule has 0 bridgehead atoms. The largest absolute Gasteiger partial charge is 0.494 e. The van der Waals surface area contributed by atoms with E-state index >= 15 is 0 Å². The molecule has 0 saturated carbocycles. The number of hydrogen-bond acceptors (Lipinski definition) is 6. The van der Waals surface area contributed by atoms with E-state index in [1.165, 1.54) is 35.2 Å². The zero-order valence-corrected chi connectivity index (χ0v) is 26.9. The van der Waals surface area contributed by atoms with Crippen LogP contribution in [0, 0.1) is 12.7 Å². The van der Waals surface area contributed by atoms with Crippen LogP contribution < -0.4 is 20.3 Å². The molecular weight excluding hydrogens is 639 g/mol. The number of hydrogen-bond donors (Lipinski definition) is 1. The highest BCUT2D eigenvalue weighted by Gasteiger charge is 2.19. The van der Waals surface area contributed by atoms with Gasteiger partial charge >= 0.3 is 0 Å². The number of anilines is 1. The van der Waals surface area contributed by atoms with Crippen LogP contribution in [0.25, 0.3) is 22.3 Å². The van der Waals surface area contributed by atoms with Gasteiger partial charge in [0.1, 0.15) is 17.3 Å². The van der Waals surface area contributed by atoms with E-state index in [1.807, 2.05) is 32.0 Å². The molecule has 0 aliphatic rings. The van der Waals surface area contributed by atoms with Gasteiger partial charge < -0.3 is 14.8 Å². The van der Waals surface area contributed by atoms with Gasteiger partial charge in [-0.05, 0) is 97.6 Å². The van der Waals surface area contributed by atoms with Crippen molar-refractivity contribution >= 4 is 44.6 Å². The molecule has 230 valence electrons. The fourth-order valence-corrected chi connectivity index (χ4v) is 5.20. The second kappa shape index (κ2) is 13.9. The van der Waals surface area contributed by atoms with Gasteiger partial charge in [-0.2, -0.15) is 9.78 Å². The number of aryl methyl sites for hydroxylation is 1. The molecule has 0 radical (unpaired) electrons. The first kappa shape index (κ1) is 31.6. The van der Waals surface area contributed by atoms with Crippen LogP contribution in [0.5, 0.6) is 11.5 Å². The summed E-state index contributed by atoms with van der Waals surface area (Å²) in [6, 6.07) is 21.8. The third-order valence-corrected chi connectivity index (χ3v) is 7.54. The smallest absolute Gasteiger partial charge is 0.282 e. The van der Waals surface area contributed by atoms with Gasteiger partial charge in [-0.3, -0.25) is 9.59 Å². The summed E-state index contributed by atoms with van der Waals surface area (Å²) in [5.41, 5.74) is 3.83. The Morgan fingerprint density at radius 1 is 1.04 bits per heavy atom. The second-order valence-corrected chi connectivity index (χ2v) is 11.5. The minimum absolute atomic E-state index is 0.164. The van der Waals surface area contributed by atoms with Crippen molar-refractivity contribution in [3.8, 4) is 22.9 Å². The maximum absolute atomic E-state index is 13.9. The van der Waals surface area contributed by atoms with E-state index in [4.69, 9.17) is 14.5 Å². The summed E-state index contributed by atoms with van der Waals surface area (Å²) >= 11 is 3.48. The molecule has 0 saturated heterocycles. The highest BCUT2D eigenvalue weighted by molar-refractivity contribution is 9.10. The zero-order chi connectivity index (χ0) is 32.1. The highest BCUT2D eigenvalue weighted by Crippen LogP contribution is 2.34. The van der Waals surface area contributed by atoms with Crippen molar-refractivity contribution in [2.24, 2.45) is 5.10 Å². The molecule has 0 aliphatic carbocycles. The molecule has 1 aromatic heterocycles. The van der Waals surface area contributed by atoms with Gasteiger partial charge in [0.25, 0.3) is 11.5 Å². The average molecular weight is 672 g/mol. The number of nitrogens with one attached hydrogen (secondary N) is 1. The van der Waals surface area contributed by atoms with Crippen molar-refractivity contribution in [2.45, 2.75) is 33.6 Å². The first-order chi connectivity index (χ1) is 21.6. The molecule has 0 unspecified atom stereocenters. The Balaban J connectivity index is 1.54. The Morgan fingerprint density at radius 3 is 2.53 bits per heavy atom. The first-order valence-electron chi connectivity index (χ1n) is 14.5. The van der Waals surface area contributed by atoms with Crippen molar-refractivity contribution in [2.75, 3.05) is 18.5 Å². The minimum atomic E-state index is -0.420. The number of rotatable bonds is 10. The average Bonchev–Trinajstić information content (AvgIpc) is 3.01. The van der Waals surface area contributed by atoms with E-state index < -0.39 is 11.7 Å². The Bertz CT molecular complexity index is 1960. The summed E-state index contributed by atoms with van der Waals surface area (Å²) in [6.07, 6.45) is 1.51. The number of nitrogens with zero attached hydrogens (tertiary/aromatic N) is 3. The maximum atomic E-state index is 13.9. The van der Waals surface area contributed by atoms with Crippen LogP contribution in [-0.4, -0.2) is 35.0 Å². The van der Waals surface area contributed by atoms with E-state index in [1.54, 1.807) is 36.4 Å². The third-order valence-electron chi connectivity index (χ3n) is 7.04. The van der Waals surface area contributed by atoms with Crippen LogP contribution in [0.2, 0.25) is 0 Å². The molecule has 10 heteroatoms. The molecule has 5 aromatic rings. The summed E-state index contributed by atoms with van der Waals surface area (Å²) in [5, 5.41) is 7.73. The number of carbonyl (C=O) groups excluding carboxylic acids is 1. The van der Waals surface area contributed by atoms with E-state index in [0.717, 1.165) is 26.9 Å². The molecule has 0 atom stereocenters. The second-order valence-electron chi connectivity index (χ2n) is 10.6. The number of halogens is 2. The highest BCUT2D eigenvalue weighted by atomic mass is 79.9. The number of benzene rings is 4. The maximum Gasteiger partial charge on any atom is 0.282 e. The lowest BCUT2D eigenvalue weighted by Crippen LogP contribution is -2.21. The summed E-state index contributed by atoms with van der Waals surface area (Å²) in [6.45, 7) is 8.31. The fourth-order valence-electron chi connectivity index (χ4n) is 4.82. The van der Waals surface area contributed by atoms with Crippen LogP contribution in [0.15, 0.2) is 93.2 Å². The van der Waals surface area contributed by atoms with Gasteiger partial charge in [0.05, 0.1) is 23.7 Å². The summed E-state index contributed by atoms with van der Waals surface area (Å²) in [7, 11) is 0. The molecule has 0 aliphatic heterocycles. The number of carbonyl (C=O) groups is 1. The molecule has 0 fully saturated rings. The molecule has 45 heavy (non-hydrogen) atoms. The Hall–Kier alpha value is -4.83. The predicted molar refractivity (Wildman–Crippen MR) is 179 cm³/mol. The molecule has 8 nitrogen and oxygen atoms in total. The molecule has 1 heterocycles. The van der Waals surface area contributed by atoms with Gasteiger partial charge in [-0.1, -0.05) is 41.9 Å². The van der Waals surface area contributed by atoms with E-state index in [-0.39, 0.29) is 18.1 Å². The molecular formula is C35H32BrFN4O4. The normalized spacial score (nSPS) is 11.4. The van der Waals surface area contributed by atoms with Gasteiger partial charge in [0.2, 0.25) is 0 Å². The topological polar surface area (TPSA) is 94.8 Å². The van der Waals surface area contributed by atoms with Gasteiger partial charge in [-0.15, -0.1) is 0 Å². The summed E-state index contributed by atoms with van der Waals surface area (Å²) < 4.78 is 27.0. The zero-order valence-electron chi connectivity index (χ0n) is 25.3. The summed E-state index contributed by atoms with van der Waals surface area (Å²) in [5.74, 6) is 0.900. The number of fused-ring (bicyclic) bond motifs is 1. The number of ether oxygens (including phenoxy) is 2. The van der Waals surface area contributed by atoms with E-state index in [9.17, 15) is 14.0 Å². The van der Waals surface area contributed by atoms with Crippen LogP contribution in [-0.2, 0) is 4.79 Å². The predicted octanol–water partition coefficient (Wildman–Crippen LogP) is 7.70. The van der Waals surface area contributed by atoms with Crippen LogP contribution in [0.3, 0.4) is 0 Å². The van der Waals surface area contributed by atoms with Gasteiger partial charge in [0, 0.05) is 21.3 Å². The van der Waals surface area contributed by atoms with Gasteiger partial charge in [-0.25, -0.2) is 9.37 Å². The number of aromatic nitrogens is 2. The molecule has 1 amide bonds. The first-order valence-corrected chi connectivity index (χ1v) is 15.3. The number of para-hydroxylation sites is 1. The Morgan fingerprint density at radius 2 is 1.80 bits per heavy atom. The van der Waals surface area contributed by atoms with E-state index in [2.05, 4.69) is 40.2 Å². The van der Waals surface area contributed by atoms with Crippen LogP contribution >= 0.6 is 15.9 Å². The van der Waals surface area contributed by atoms with Crippen molar-refractivity contribution in [3.63, 3.8) is 0 Å². The van der Waals surface area contributed by atoms with Crippen LogP contribution in [0.1, 0.15) is 43.4 Å².